The minimum atomic E-state index is -0.267. The van der Waals surface area contributed by atoms with E-state index in [-0.39, 0.29) is 12.5 Å². The van der Waals surface area contributed by atoms with E-state index in [1.807, 2.05) is 24.3 Å². The van der Waals surface area contributed by atoms with Gasteiger partial charge in [-0.2, -0.15) is 0 Å². The molecular formula is C14H21N3O2. The zero-order valence-corrected chi connectivity index (χ0v) is 11.0. The van der Waals surface area contributed by atoms with E-state index in [0.717, 1.165) is 37.2 Å². The monoisotopic (exact) mass is 263 g/mol. The fourth-order valence-electron chi connectivity index (χ4n) is 2.47. The lowest BCUT2D eigenvalue weighted by molar-refractivity contribution is -0.119. The molecule has 1 aromatic rings. The third kappa shape index (κ3) is 3.94. The minimum absolute atomic E-state index is 0.0453. The van der Waals surface area contributed by atoms with Gasteiger partial charge >= 0.3 is 0 Å². The maximum Gasteiger partial charge on any atom is 0.231 e. The number of carbonyl (C=O) groups is 1. The quantitative estimate of drug-likeness (QED) is 0.724. The molecule has 0 radical (unpaired) electrons. The maximum atomic E-state index is 10.9. The Balaban J connectivity index is 1.87. The van der Waals surface area contributed by atoms with Crippen molar-refractivity contribution in [3.8, 4) is 0 Å². The Kier molecular flexibility index (Phi) is 4.76. The van der Waals surface area contributed by atoms with Crippen LogP contribution in [0.15, 0.2) is 24.3 Å². The third-order valence-electron chi connectivity index (χ3n) is 3.51. The van der Waals surface area contributed by atoms with Gasteiger partial charge in [0.1, 0.15) is 0 Å². The Bertz CT molecular complexity index is 428. The minimum Gasteiger partial charge on any atom is -0.392 e. The highest BCUT2D eigenvalue weighted by Crippen LogP contribution is 2.20. The number of primary amides is 1. The Morgan fingerprint density at radius 2 is 2.05 bits per heavy atom. The molecule has 5 nitrogen and oxygen atoms in total. The second-order valence-electron chi connectivity index (χ2n) is 4.98. The number of hydrogen-bond acceptors (Lipinski definition) is 4. The largest absolute Gasteiger partial charge is 0.392 e. The second-order valence-corrected chi connectivity index (χ2v) is 4.98. The molecular weight excluding hydrogens is 242 g/mol. The molecule has 1 aliphatic heterocycles. The van der Waals surface area contributed by atoms with E-state index in [9.17, 15) is 9.90 Å². The van der Waals surface area contributed by atoms with Gasteiger partial charge in [-0.15, -0.1) is 0 Å². The molecule has 0 aromatic heterocycles. The van der Waals surface area contributed by atoms with Gasteiger partial charge in [-0.05, 0) is 18.9 Å². The molecule has 1 amide bonds. The Morgan fingerprint density at radius 3 is 2.68 bits per heavy atom. The summed E-state index contributed by atoms with van der Waals surface area (Å²) in [4.78, 5) is 12.9. The number of aliphatic hydroxyl groups is 1. The number of piperidine rings is 1. The normalized spacial score (nSPS) is 17.3. The summed E-state index contributed by atoms with van der Waals surface area (Å²) in [5.74, 6) is -0.267. The smallest absolute Gasteiger partial charge is 0.231 e. The van der Waals surface area contributed by atoms with Crippen LogP contribution in [-0.2, 0) is 11.4 Å². The average molecular weight is 263 g/mol. The van der Waals surface area contributed by atoms with Crippen LogP contribution in [0.25, 0.3) is 0 Å². The molecule has 1 saturated heterocycles. The first-order valence-electron chi connectivity index (χ1n) is 6.65. The van der Waals surface area contributed by atoms with Crippen LogP contribution in [0.5, 0.6) is 0 Å². The summed E-state index contributed by atoms with van der Waals surface area (Å²) in [5.41, 5.74) is 7.11. The van der Waals surface area contributed by atoms with E-state index in [0.29, 0.717) is 12.6 Å². The molecule has 0 saturated carbocycles. The van der Waals surface area contributed by atoms with Crippen molar-refractivity contribution in [2.24, 2.45) is 5.73 Å². The first kappa shape index (κ1) is 13.8. The van der Waals surface area contributed by atoms with Crippen molar-refractivity contribution in [2.45, 2.75) is 25.5 Å². The Morgan fingerprint density at radius 1 is 1.37 bits per heavy atom. The molecule has 2 rings (SSSR count). The summed E-state index contributed by atoms with van der Waals surface area (Å²) in [6.45, 7) is 2.15. The maximum absolute atomic E-state index is 10.9. The number of rotatable bonds is 5. The van der Waals surface area contributed by atoms with Crippen LogP contribution in [0.4, 0.5) is 5.69 Å². The fourth-order valence-corrected chi connectivity index (χ4v) is 2.47. The van der Waals surface area contributed by atoms with Crippen molar-refractivity contribution in [3.05, 3.63) is 29.8 Å². The Hall–Kier alpha value is -1.59. The van der Waals surface area contributed by atoms with Gasteiger partial charge in [0, 0.05) is 30.4 Å². The molecule has 1 aromatic carbocycles. The number of likely N-dealkylation sites (tertiary alicyclic amines) is 1. The molecule has 104 valence electrons. The van der Waals surface area contributed by atoms with Crippen molar-refractivity contribution < 1.29 is 9.90 Å². The van der Waals surface area contributed by atoms with Crippen LogP contribution in [0.3, 0.4) is 0 Å². The van der Waals surface area contributed by atoms with E-state index in [1.165, 1.54) is 0 Å². The number of para-hydroxylation sites is 1. The molecule has 0 aliphatic carbocycles. The van der Waals surface area contributed by atoms with Gasteiger partial charge in [-0.1, -0.05) is 18.2 Å². The summed E-state index contributed by atoms with van der Waals surface area (Å²) < 4.78 is 0. The van der Waals surface area contributed by atoms with Gasteiger partial charge in [0.15, 0.2) is 0 Å². The molecule has 0 bridgehead atoms. The first-order chi connectivity index (χ1) is 9.19. The molecule has 1 aliphatic rings. The lowest BCUT2D eigenvalue weighted by Crippen LogP contribution is -2.43. The third-order valence-corrected chi connectivity index (χ3v) is 3.51. The summed E-state index contributed by atoms with van der Waals surface area (Å²) >= 11 is 0. The average Bonchev–Trinajstić information content (AvgIpc) is 2.41. The number of nitrogens with two attached hydrogens (primary N) is 1. The number of benzene rings is 1. The van der Waals surface area contributed by atoms with E-state index in [2.05, 4.69) is 10.2 Å². The lowest BCUT2D eigenvalue weighted by atomic mass is 10.0. The number of aliphatic hydroxyl groups excluding tert-OH is 1. The van der Waals surface area contributed by atoms with Gasteiger partial charge in [0.05, 0.1) is 13.2 Å². The van der Waals surface area contributed by atoms with Crippen molar-refractivity contribution in [1.29, 1.82) is 0 Å². The number of anilines is 1. The highest BCUT2D eigenvalue weighted by atomic mass is 16.3. The van der Waals surface area contributed by atoms with Gasteiger partial charge in [0.25, 0.3) is 0 Å². The first-order valence-corrected chi connectivity index (χ1v) is 6.65. The van der Waals surface area contributed by atoms with Crippen molar-refractivity contribution in [2.75, 3.05) is 25.0 Å². The van der Waals surface area contributed by atoms with Crippen LogP contribution in [0.1, 0.15) is 18.4 Å². The van der Waals surface area contributed by atoms with Crippen LogP contribution in [-0.4, -0.2) is 41.6 Å². The Labute approximate surface area is 113 Å². The zero-order chi connectivity index (χ0) is 13.7. The molecule has 0 spiro atoms. The van der Waals surface area contributed by atoms with Gasteiger partial charge < -0.3 is 16.2 Å². The SMILES string of the molecule is NC(=O)CN1CCC(Nc2ccccc2CO)CC1. The standard InChI is InChI=1S/C14H21N3O2/c15-14(19)9-17-7-5-12(6-8-17)16-13-4-2-1-3-11(13)10-18/h1-4,12,16,18H,5-10H2,(H2,15,19). The highest BCUT2D eigenvalue weighted by molar-refractivity contribution is 5.75. The van der Waals surface area contributed by atoms with E-state index >= 15 is 0 Å². The summed E-state index contributed by atoms with van der Waals surface area (Å²) in [6, 6.07) is 8.18. The van der Waals surface area contributed by atoms with E-state index in [1.54, 1.807) is 0 Å². The topological polar surface area (TPSA) is 78.6 Å². The van der Waals surface area contributed by atoms with Crippen LogP contribution < -0.4 is 11.1 Å². The van der Waals surface area contributed by atoms with Gasteiger partial charge in [-0.25, -0.2) is 0 Å². The fraction of sp³-hybridized carbons (Fsp3) is 0.500. The van der Waals surface area contributed by atoms with Crippen molar-refractivity contribution in [3.63, 3.8) is 0 Å². The van der Waals surface area contributed by atoms with Crippen LogP contribution in [0.2, 0.25) is 0 Å². The predicted octanol–water partition coefficient (Wildman–Crippen LogP) is 0.540. The highest BCUT2D eigenvalue weighted by Gasteiger charge is 2.20. The van der Waals surface area contributed by atoms with Crippen LogP contribution in [0, 0.1) is 0 Å². The van der Waals surface area contributed by atoms with Crippen molar-refractivity contribution >= 4 is 11.6 Å². The molecule has 1 heterocycles. The van der Waals surface area contributed by atoms with Gasteiger partial charge in [-0.3, -0.25) is 9.69 Å². The number of nitrogens with one attached hydrogen (secondary N) is 1. The van der Waals surface area contributed by atoms with Gasteiger partial charge in [0.2, 0.25) is 5.91 Å². The molecule has 1 fully saturated rings. The molecule has 4 N–H and O–H groups in total. The summed E-state index contributed by atoms with van der Waals surface area (Å²) in [5, 5.41) is 12.8. The van der Waals surface area contributed by atoms with E-state index < -0.39 is 0 Å². The number of carbonyl (C=O) groups excluding carboxylic acids is 1. The number of nitrogens with zero attached hydrogens (tertiary/aromatic N) is 1. The lowest BCUT2D eigenvalue weighted by Gasteiger charge is -2.32. The summed E-state index contributed by atoms with van der Waals surface area (Å²) in [6.07, 6.45) is 1.96. The van der Waals surface area contributed by atoms with E-state index in [4.69, 9.17) is 5.73 Å². The summed E-state index contributed by atoms with van der Waals surface area (Å²) in [7, 11) is 0. The second kappa shape index (κ2) is 6.54. The predicted molar refractivity (Wildman–Crippen MR) is 74.6 cm³/mol. The van der Waals surface area contributed by atoms with Crippen LogP contribution >= 0.6 is 0 Å². The molecule has 5 heteroatoms. The molecule has 19 heavy (non-hydrogen) atoms. The number of amides is 1. The van der Waals surface area contributed by atoms with Crippen molar-refractivity contribution in [1.82, 2.24) is 4.90 Å². The molecule has 0 atom stereocenters. The number of hydrogen-bond donors (Lipinski definition) is 3. The molecule has 0 unspecified atom stereocenters. The zero-order valence-electron chi connectivity index (χ0n) is 11.0.